The molecule has 2 aromatic rings. The molecule has 0 atom stereocenters. The van der Waals surface area contributed by atoms with Crippen LogP contribution in [0.4, 0.5) is 0 Å². The summed E-state index contributed by atoms with van der Waals surface area (Å²) in [7, 11) is 0. The topological polar surface area (TPSA) is 66.0 Å². The molecule has 0 amide bonds. The van der Waals surface area contributed by atoms with Crippen molar-refractivity contribution in [3.63, 3.8) is 0 Å². The number of nitrogens with zero attached hydrogens (tertiary/aromatic N) is 1. The van der Waals surface area contributed by atoms with Gasteiger partial charge in [0.1, 0.15) is 11.5 Å². The fourth-order valence-electron chi connectivity index (χ4n) is 1.55. The summed E-state index contributed by atoms with van der Waals surface area (Å²) >= 11 is 0. The number of aromatic nitrogens is 2. The fourth-order valence-corrected chi connectivity index (χ4v) is 1.55. The maximum atomic E-state index is 11.1. The third-order valence-electron chi connectivity index (χ3n) is 2.35. The summed E-state index contributed by atoms with van der Waals surface area (Å²) in [6, 6.07) is 9.31. The number of carboxylic acid groups (broad SMARTS) is 1. The number of aromatic carboxylic acids is 1. The second-order valence-corrected chi connectivity index (χ2v) is 3.43. The van der Waals surface area contributed by atoms with E-state index in [1.165, 1.54) is 0 Å². The van der Waals surface area contributed by atoms with E-state index in [9.17, 15) is 4.79 Å². The van der Waals surface area contributed by atoms with Crippen LogP contribution in [0.3, 0.4) is 0 Å². The van der Waals surface area contributed by atoms with E-state index in [0.29, 0.717) is 17.9 Å². The molecule has 2 N–H and O–H groups in total. The van der Waals surface area contributed by atoms with Gasteiger partial charge >= 0.3 is 5.97 Å². The van der Waals surface area contributed by atoms with E-state index < -0.39 is 5.97 Å². The summed E-state index contributed by atoms with van der Waals surface area (Å²) in [6.45, 7) is 1.93. The van der Waals surface area contributed by atoms with E-state index in [2.05, 4.69) is 9.97 Å². The SMILES string of the molecule is CCc1nc(-c2ccccc2)c(C(=O)O)[nH]1. The molecular weight excluding hydrogens is 204 g/mol. The number of carbonyl (C=O) groups is 1. The molecule has 0 aliphatic carbocycles. The first-order chi connectivity index (χ1) is 7.72. The third-order valence-corrected chi connectivity index (χ3v) is 2.35. The monoisotopic (exact) mass is 216 g/mol. The zero-order chi connectivity index (χ0) is 11.5. The van der Waals surface area contributed by atoms with Crippen LogP contribution >= 0.6 is 0 Å². The number of imidazole rings is 1. The van der Waals surface area contributed by atoms with Crippen molar-refractivity contribution < 1.29 is 9.90 Å². The van der Waals surface area contributed by atoms with Gasteiger partial charge in [-0.05, 0) is 0 Å². The molecule has 1 aromatic carbocycles. The predicted octanol–water partition coefficient (Wildman–Crippen LogP) is 2.34. The van der Waals surface area contributed by atoms with Gasteiger partial charge in [0.05, 0.1) is 0 Å². The Balaban J connectivity index is 2.55. The van der Waals surface area contributed by atoms with Crippen LogP contribution in [-0.2, 0) is 6.42 Å². The van der Waals surface area contributed by atoms with Crippen molar-refractivity contribution in [2.75, 3.05) is 0 Å². The van der Waals surface area contributed by atoms with Crippen LogP contribution in [-0.4, -0.2) is 21.0 Å². The van der Waals surface area contributed by atoms with E-state index >= 15 is 0 Å². The van der Waals surface area contributed by atoms with Crippen molar-refractivity contribution in [2.24, 2.45) is 0 Å². The summed E-state index contributed by atoms with van der Waals surface area (Å²) in [6.07, 6.45) is 0.688. The zero-order valence-corrected chi connectivity index (χ0v) is 8.90. The lowest BCUT2D eigenvalue weighted by Crippen LogP contribution is -1.99. The maximum Gasteiger partial charge on any atom is 0.354 e. The Morgan fingerprint density at radius 1 is 1.38 bits per heavy atom. The Hall–Kier alpha value is -2.10. The number of nitrogens with one attached hydrogen (secondary N) is 1. The first-order valence-corrected chi connectivity index (χ1v) is 5.10. The molecule has 1 heterocycles. The van der Waals surface area contributed by atoms with E-state index in [0.717, 1.165) is 5.56 Å². The van der Waals surface area contributed by atoms with Crippen LogP contribution in [0.25, 0.3) is 11.3 Å². The van der Waals surface area contributed by atoms with Crippen molar-refractivity contribution in [1.29, 1.82) is 0 Å². The highest BCUT2D eigenvalue weighted by molar-refractivity contribution is 5.92. The van der Waals surface area contributed by atoms with Gasteiger partial charge in [0.25, 0.3) is 0 Å². The highest BCUT2D eigenvalue weighted by Crippen LogP contribution is 2.21. The number of rotatable bonds is 3. The van der Waals surface area contributed by atoms with Gasteiger partial charge in [0.15, 0.2) is 5.69 Å². The minimum atomic E-state index is -0.981. The average Bonchev–Trinajstić information content (AvgIpc) is 2.74. The number of benzene rings is 1. The van der Waals surface area contributed by atoms with Gasteiger partial charge in [-0.2, -0.15) is 0 Å². The molecule has 0 aliphatic rings. The summed E-state index contributed by atoms with van der Waals surface area (Å²) in [4.78, 5) is 18.2. The molecule has 0 aliphatic heterocycles. The zero-order valence-electron chi connectivity index (χ0n) is 8.90. The molecule has 0 saturated carbocycles. The largest absolute Gasteiger partial charge is 0.477 e. The molecular formula is C12H12N2O2. The van der Waals surface area contributed by atoms with Crippen LogP contribution < -0.4 is 0 Å². The van der Waals surface area contributed by atoms with Gasteiger partial charge < -0.3 is 10.1 Å². The van der Waals surface area contributed by atoms with Crippen LogP contribution in [0.2, 0.25) is 0 Å². The smallest absolute Gasteiger partial charge is 0.354 e. The molecule has 0 unspecified atom stereocenters. The summed E-state index contributed by atoms with van der Waals surface area (Å²) in [5.74, 6) is -0.290. The summed E-state index contributed by atoms with van der Waals surface area (Å²) < 4.78 is 0. The van der Waals surface area contributed by atoms with Crippen molar-refractivity contribution in [3.05, 3.63) is 41.9 Å². The molecule has 16 heavy (non-hydrogen) atoms. The quantitative estimate of drug-likeness (QED) is 0.827. The Bertz CT molecular complexity index is 503. The third kappa shape index (κ3) is 1.82. The number of H-pyrrole nitrogens is 1. The van der Waals surface area contributed by atoms with E-state index in [-0.39, 0.29) is 5.69 Å². The normalized spacial score (nSPS) is 10.3. The van der Waals surface area contributed by atoms with Gasteiger partial charge in [-0.3, -0.25) is 0 Å². The molecule has 1 aromatic heterocycles. The molecule has 0 fully saturated rings. The first-order valence-electron chi connectivity index (χ1n) is 5.10. The molecule has 4 heteroatoms. The van der Waals surface area contributed by atoms with E-state index in [4.69, 9.17) is 5.11 Å². The van der Waals surface area contributed by atoms with Crippen molar-refractivity contribution in [1.82, 2.24) is 9.97 Å². The predicted molar refractivity (Wildman–Crippen MR) is 60.4 cm³/mol. The molecule has 0 bridgehead atoms. The van der Waals surface area contributed by atoms with Gasteiger partial charge in [-0.25, -0.2) is 9.78 Å². The Morgan fingerprint density at radius 2 is 2.06 bits per heavy atom. The number of aryl methyl sites for hydroxylation is 1. The van der Waals surface area contributed by atoms with Crippen LogP contribution in [0, 0.1) is 0 Å². The molecule has 0 saturated heterocycles. The Labute approximate surface area is 93.0 Å². The number of aromatic amines is 1. The maximum absolute atomic E-state index is 11.1. The molecule has 2 rings (SSSR count). The summed E-state index contributed by atoms with van der Waals surface area (Å²) in [5.41, 5.74) is 1.48. The number of hydrogen-bond acceptors (Lipinski definition) is 2. The number of hydrogen-bond donors (Lipinski definition) is 2. The lowest BCUT2D eigenvalue weighted by molar-refractivity contribution is 0.0692. The van der Waals surface area contributed by atoms with Crippen molar-refractivity contribution in [3.8, 4) is 11.3 Å². The standard InChI is InChI=1S/C12H12N2O2/c1-2-9-13-10(11(14-9)12(15)16)8-6-4-3-5-7-8/h3-7H,2H2,1H3,(H,13,14)(H,15,16). The van der Waals surface area contributed by atoms with Crippen molar-refractivity contribution in [2.45, 2.75) is 13.3 Å². The second kappa shape index (κ2) is 4.18. The van der Waals surface area contributed by atoms with Crippen molar-refractivity contribution >= 4 is 5.97 Å². The fraction of sp³-hybridized carbons (Fsp3) is 0.167. The van der Waals surface area contributed by atoms with Crippen LogP contribution in [0.15, 0.2) is 30.3 Å². The second-order valence-electron chi connectivity index (χ2n) is 3.43. The minimum absolute atomic E-state index is 0.156. The highest BCUT2D eigenvalue weighted by atomic mass is 16.4. The minimum Gasteiger partial charge on any atom is -0.477 e. The van der Waals surface area contributed by atoms with E-state index in [1.54, 1.807) is 0 Å². The Kier molecular flexibility index (Phi) is 2.72. The number of carboxylic acids is 1. The van der Waals surface area contributed by atoms with Gasteiger partial charge in [0, 0.05) is 12.0 Å². The molecule has 0 radical (unpaired) electrons. The molecule has 0 spiro atoms. The van der Waals surface area contributed by atoms with E-state index in [1.807, 2.05) is 37.3 Å². The lowest BCUT2D eigenvalue weighted by atomic mass is 10.1. The molecule has 82 valence electrons. The Morgan fingerprint density at radius 3 is 2.62 bits per heavy atom. The van der Waals surface area contributed by atoms with Crippen LogP contribution in [0.1, 0.15) is 23.2 Å². The van der Waals surface area contributed by atoms with Gasteiger partial charge in [0.2, 0.25) is 0 Å². The molecule has 4 nitrogen and oxygen atoms in total. The summed E-state index contributed by atoms with van der Waals surface area (Å²) in [5, 5.41) is 9.06. The lowest BCUT2D eigenvalue weighted by Gasteiger charge is -1.97. The van der Waals surface area contributed by atoms with Gasteiger partial charge in [-0.15, -0.1) is 0 Å². The average molecular weight is 216 g/mol. The highest BCUT2D eigenvalue weighted by Gasteiger charge is 2.16. The first kappa shape index (κ1) is 10.4. The van der Waals surface area contributed by atoms with Crippen LogP contribution in [0.5, 0.6) is 0 Å². The van der Waals surface area contributed by atoms with Gasteiger partial charge in [-0.1, -0.05) is 37.3 Å².